The first-order valence-corrected chi connectivity index (χ1v) is 7.55. The van der Waals surface area contributed by atoms with Gasteiger partial charge in [-0.3, -0.25) is 0 Å². The molecule has 0 atom stereocenters. The predicted octanol–water partition coefficient (Wildman–Crippen LogP) is 2.77. The van der Waals surface area contributed by atoms with Crippen LogP contribution in [-0.2, 0) is 13.0 Å². The van der Waals surface area contributed by atoms with Crippen molar-refractivity contribution in [2.24, 2.45) is 0 Å². The molecule has 0 fully saturated rings. The molecular formula is C17H19NOS. The molecule has 104 valence electrons. The van der Waals surface area contributed by atoms with Crippen molar-refractivity contribution < 1.29 is 5.11 Å². The smallest absolute Gasteiger partial charge is 0.104 e. The Morgan fingerprint density at radius 1 is 1.25 bits per heavy atom. The highest BCUT2D eigenvalue weighted by molar-refractivity contribution is 7.10. The van der Waals surface area contributed by atoms with Gasteiger partial charge in [0, 0.05) is 28.9 Å². The van der Waals surface area contributed by atoms with E-state index in [1.165, 1.54) is 10.4 Å². The fraction of sp³-hybridized carbons (Fsp3) is 0.294. The molecule has 0 radical (unpaired) electrons. The van der Waals surface area contributed by atoms with E-state index in [0.29, 0.717) is 0 Å². The largest absolute Gasteiger partial charge is 0.384 e. The third-order valence-corrected chi connectivity index (χ3v) is 3.94. The minimum Gasteiger partial charge on any atom is -0.384 e. The molecule has 0 amide bonds. The van der Waals surface area contributed by atoms with Gasteiger partial charge >= 0.3 is 0 Å². The van der Waals surface area contributed by atoms with Crippen LogP contribution in [0.15, 0.2) is 41.8 Å². The van der Waals surface area contributed by atoms with Gasteiger partial charge in [0.05, 0.1) is 0 Å². The second-order valence-electron chi connectivity index (χ2n) is 4.73. The Balaban J connectivity index is 1.82. The zero-order valence-electron chi connectivity index (χ0n) is 11.7. The molecule has 0 spiro atoms. The van der Waals surface area contributed by atoms with Crippen molar-refractivity contribution in [3.63, 3.8) is 0 Å². The van der Waals surface area contributed by atoms with Crippen molar-refractivity contribution in [2.75, 3.05) is 20.2 Å². The van der Waals surface area contributed by atoms with Crippen molar-refractivity contribution >= 4 is 11.3 Å². The van der Waals surface area contributed by atoms with Crippen molar-refractivity contribution in [1.29, 1.82) is 0 Å². The Hall–Kier alpha value is -1.60. The quantitative estimate of drug-likeness (QED) is 0.854. The van der Waals surface area contributed by atoms with E-state index in [4.69, 9.17) is 5.11 Å². The van der Waals surface area contributed by atoms with Gasteiger partial charge in [0.2, 0.25) is 0 Å². The SMILES string of the molecule is CN(CCc1ccccc1)Cc1cc(C#CCO)cs1. The molecule has 0 aliphatic carbocycles. The molecule has 20 heavy (non-hydrogen) atoms. The van der Waals surface area contributed by atoms with Crippen LogP contribution in [0.1, 0.15) is 16.0 Å². The lowest BCUT2D eigenvalue weighted by Gasteiger charge is -2.15. The highest BCUT2D eigenvalue weighted by Crippen LogP contribution is 2.15. The number of benzene rings is 1. The number of rotatable bonds is 5. The molecule has 0 aliphatic rings. The summed E-state index contributed by atoms with van der Waals surface area (Å²) in [6, 6.07) is 12.7. The molecule has 2 rings (SSSR count). The maximum absolute atomic E-state index is 8.68. The van der Waals surface area contributed by atoms with Gasteiger partial charge < -0.3 is 10.0 Å². The summed E-state index contributed by atoms with van der Waals surface area (Å²) < 4.78 is 0. The van der Waals surface area contributed by atoms with Gasteiger partial charge in [0.25, 0.3) is 0 Å². The number of aliphatic hydroxyl groups is 1. The normalized spacial score (nSPS) is 10.3. The molecule has 0 aliphatic heterocycles. The zero-order valence-corrected chi connectivity index (χ0v) is 12.5. The first-order valence-electron chi connectivity index (χ1n) is 6.67. The minimum absolute atomic E-state index is 0.0812. The average molecular weight is 285 g/mol. The first-order chi connectivity index (χ1) is 9.78. The van der Waals surface area contributed by atoms with Crippen LogP contribution in [0, 0.1) is 11.8 Å². The molecular weight excluding hydrogens is 266 g/mol. The van der Waals surface area contributed by atoms with E-state index in [2.05, 4.69) is 54.1 Å². The van der Waals surface area contributed by atoms with Crippen molar-refractivity contribution in [3.05, 3.63) is 57.8 Å². The van der Waals surface area contributed by atoms with Gasteiger partial charge in [-0.2, -0.15) is 0 Å². The van der Waals surface area contributed by atoms with Gasteiger partial charge in [0.15, 0.2) is 0 Å². The van der Waals surface area contributed by atoms with Crippen LogP contribution in [0.2, 0.25) is 0 Å². The molecule has 0 unspecified atom stereocenters. The van der Waals surface area contributed by atoms with Crippen molar-refractivity contribution in [2.45, 2.75) is 13.0 Å². The van der Waals surface area contributed by atoms with Crippen LogP contribution in [0.5, 0.6) is 0 Å². The Bertz CT molecular complexity index is 580. The Labute approximate surface area is 124 Å². The van der Waals surface area contributed by atoms with E-state index in [9.17, 15) is 0 Å². The second-order valence-corrected chi connectivity index (χ2v) is 5.73. The summed E-state index contributed by atoms with van der Waals surface area (Å²) in [5.74, 6) is 5.61. The van der Waals surface area contributed by atoms with E-state index >= 15 is 0 Å². The van der Waals surface area contributed by atoms with E-state index in [1.54, 1.807) is 11.3 Å². The number of aliphatic hydroxyl groups excluding tert-OH is 1. The summed E-state index contributed by atoms with van der Waals surface area (Å²) in [5, 5.41) is 10.7. The van der Waals surface area contributed by atoms with Crippen LogP contribution in [0.25, 0.3) is 0 Å². The first kappa shape index (κ1) is 14.8. The molecule has 1 N–H and O–H groups in total. The van der Waals surface area contributed by atoms with Crippen LogP contribution in [0.3, 0.4) is 0 Å². The summed E-state index contributed by atoms with van der Waals surface area (Å²) in [5.41, 5.74) is 2.37. The fourth-order valence-electron chi connectivity index (χ4n) is 1.98. The minimum atomic E-state index is -0.0812. The lowest BCUT2D eigenvalue weighted by atomic mass is 10.1. The maximum Gasteiger partial charge on any atom is 0.104 e. The Morgan fingerprint density at radius 2 is 2.05 bits per heavy atom. The number of nitrogens with zero attached hydrogens (tertiary/aromatic N) is 1. The highest BCUT2D eigenvalue weighted by Gasteiger charge is 2.03. The summed E-state index contributed by atoms with van der Waals surface area (Å²) in [7, 11) is 2.14. The molecule has 3 heteroatoms. The third-order valence-electron chi connectivity index (χ3n) is 3.02. The summed E-state index contributed by atoms with van der Waals surface area (Å²) in [6.45, 7) is 1.90. The van der Waals surface area contributed by atoms with Crippen LogP contribution in [0.4, 0.5) is 0 Å². The topological polar surface area (TPSA) is 23.5 Å². The van der Waals surface area contributed by atoms with E-state index in [1.807, 2.05) is 11.4 Å². The third kappa shape index (κ3) is 4.82. The standard InChI is InChI=1S/C17H19NOS/c1-18(10-9-15-6-3-2-4-7-15)13-17-12-16(14-20-17)8-5-11-19/h2-4,6-7,12,14,19H,9-11,13H2,1H3. The Morgan fingerprint density at radius 3 is 2.80 bits per heavy atom. The average Bonchev–Trinajstić information content (AvgIpc) is 2.91. The number of likely N-dealkylation sites (N-methyl/N-ethyl adjacent to an activating group) is 1. The lowest BCUT2D eigenvalue weighted by Crippen LogP contribution is -2.20. The molecule has 0 saturated carbocycles. The van der Waals surface area contributed by atoms with Crippen LogP contribution < -0.4 is 0 Å². The van der Waals surface area contributed by atoms with E-state index < -0.39 is 0 Å². The Kier molecular flexibility index (Phi) is 5.82. The molecule has 2 nitrogen and oxygen atoms in total. The summed E-state index contributed by atoms with van der Waals surface area (Å²) in [4.78, 5) is 3.63. The van der Waals surface area contributed by atoms with Crippen molar-refractivity contribution in [3.8, 4) is 11.8 Å². The molecule has 1 aromatic heterocycles. The van der Waals surface area contributed by atoms with E-state index in [-0.39, 0.29) is 6.61 Å². The van der Waals surface area contributed by atoms with Crippen molar-refractivity contribution in [1.82, 2.24) is 4.90 Å². The fourth-order valence-corrected chi connectivity index (χ4v) is 2.88. The molecule has 0 saturated heterocycles. The second kappa shape index (κ2) is 7.86. The molecule has 1 heterocycles. The lowest BCUT2D eigenvalue weighted by molar-refractivity contribution is 0.334. The monoisotopic (exact) mass is 285 g/mol. The van der Waals surface area contributed by atoms with Gasteiger partial charge in [-0.1, -0.05) is 42.2 Å². The van der Waals surface area contributed by atoms with E-state index in [0.717, 1.165) is 25.1 Å². The summed E-state index contributed by atoms with van der Waals surface area (Å²) in [6.07, 6.45) is 1.07. The predicted molar refractivity (Wildman–Crippen MR) is 84.8 cm³/mol. The van der Waals surface area contributed by atoms with Gasteiger partial charge in [-0.15, -0.1) is 11.3 Å². The van der Waals surface area contributed by atoms with Crippen LogP contribution >= 0.6 is 11.3 Å². The van der Waals surface area contributed by atoms with Crippen LogP contribution in [-0.4, -0.2) is 30.2 Å². The maximum atomic E-state index is 8.68. The summed E-state index contributed by atoms with van der Waals surface area (Å²) >= 11 is 1.72. The van der Waals surface area contributed by atoms with Gasteiger partial charge in [-0.25, -0.2) is 0 Å². The highest BCUT2D eigenvalue weighted by atomic mass is 32.1. The number of thiophene rings is 1. The molecule has 0 bridgehead atoms. The zero-order chi connectivity index (χ0) is 14.2. The molecule has 2 aromatic rings. The van der Waals surface area contributed by atoms with Gasteiger partial charge in [-0.05, 0) is 25.1 Å². The number of hydrogen-bond donors (Lipinski definition) is 1. The van der Waals surface area contributed by atoms with Gasteiger partial charge in [0.1, 0.15) is 6.61 Å². The number of hydrogen-bond acceptors (Lipinski definition) is 3. The molecule has 1 aromatic carbocycles.